The first-order valence-corrected chi connectivity index (χ1v) is 9.02. The minimum atomic E-state index is -0.188. The van der Waals surface area contributed by atoms with E-state index in [0.29, 0.717) is 5.56 Å². The Kier molecular flexibility index (Phi) is 5.44. The van der Waals surface area contributed by atoms with Gasteiger partial charge in [-0.15, -0.1) is 0 Å². The minimum Gasteiger partial charge on any atom is -0.457 e. The van der Waals surface area contributed by atoms with Crippen molar-refractivity contribution < 1.29 is 9.53 Å². The van der Waals surface area contributed by atoms with Crippen LogP contribution < -0.4 is 0 Å². The topological polar surface area (TPSA) is 29.5 Å². The van der Waals surface area contributed by atoms with Crippen molar-refractivity contribution in [1.82, 2.24) is 4.90 Å². The molecule has 0 saturated carbocycles. The molecule has 0 aromatic heterocycles. The van der Waals surface area contributed by atoms with Gasteiger partial charge in [0.15, 0.2) is 0 Å². The maximum atomic E-state index is 12.7. The Morgan fingerprint density at radius 2 is 1.58 bits per heavy atom. The van der Waals surface area contributed by atoms with Crippen molar-refractivity contribution in [2.24, 2.45) is 0 Å². The number of piperidine rings is 1. The molecule has 0 N–H and O–H groups in total. The zero-order valence-electron chi connectivity index (χ0n) is 16.4. The Bertz CT molecular complexity index is 561. The fourth-order valence-electron chi connectivity index (χ4n) is 3.05. The van der Waals surface area contributed by atoms with Crippen molar-refractivity contribution in [2.75, 3.05) is 20.1 Å². The standard InChI is InChI=1S/C21H33NO2/c1-20(2,3)16-11-15(12-17(13-16)21(4,5)6)19(23)24-18-9-8-10-22(7)14-18/h11-13,18H,8-10,14H2,1-7H3/t18-/m0/s1. The highest BCUT2D eigenvalue weighted by Gasteiger charge is 2.25. The molecular weight excluding hydrogens is 298 g/mol. The third-order valence-electron chi connectivity index (χ3n) is 4.76. The molecule has 1 aliphatic rings. The van der Waals surface area contributed by atoms with Crippen LogP contribution in [0, 0.1) is 0 Å². The number of rotatable bonds is 2. The maximum Gasteiger partial charge on any atom is 0.338 e. The first kappa shape index (κ1) is 19.0. The van der Waals surface area contributed by atoms with Crippen LogP contribution in [0.5, 0.6) is 0 Å². The predicted molar refractivity (Wildman–Crippen MR) is 99.8 cm³/mol. The van der Waals surface area contributed by atoms with Crippen LogP contribution in [0.2, 0.25) is 0 Å². The summed E-state index contributed by atoms with van der Waals surface area (Å²) >= 11 is 0. The van der Waals surface area contributed by atoms with Gasteiger partial charge in [-0.3, -0.25) is 0 Å². The largest absolute Gasteiger partial charge is 0.457 e. The molecule has 0 unspecified atom stereocenters. The monoisotopic (exact) mass is 331 g/mol. The van der Waals surface area contributed by atoms with Crippen molar-refractivity contribution in [2.45, 2.75) is 71.3 Å². The Labute approximate surface area is 147 Å². The van der Waals surface area contributed by atoms with Crippen molar-refractivity contribution in [3.05, 3.63) is 34.9 Å². The molecule has 1 aromatic carbocycles. The van der Waals surface area contributed by atoms with Gasteiger partial charge in [-0.05, 0) is 60.5 Å². The Morgan fingerprint density at radius 1 is 1.04 bits per heavy atom. The molecule has 0 spiro atoms. The van der Waals surface area contributed by atoms with Crippen LogP contribution in [0.15, 0.2) is 18.2 Å². The summed E-state index contributed by atoms with van der Waals surface area (Å²) in [5.41, 5.74) is 3.05. The second kappa shape index (κ2) is 6.87. The maximum absolute atomic E-state index is 12.7. The van der Waals surface area contributed by atoms with Crippen LogP contribution in [-0.2, 0) is 15.6 Å². The number of likely N-dealkylation sites (N-methyl/N-ethyl adjacent to an activating group) is 1. The number of hydrogen-bond donors (Lipinski definition) is 0. The average molecular weight is 332 g/mol. The highest BCUT2D eigenvalue weighted by atomic mass is 16.5. The van der Waals surface area contributed by atoms with Crippen LogP contribution in [0.3, 0.4) is 0 Å². The minimum absolute atomic E-state index is 0.00134. The van der Waals surface area contributed by atoms with E-state index in [1.54, 1.807) is 0 Å². The van der Waals surface area contributed by atoms with Crippen molar-refractivity contribution in [3.63, 3.8) is 0 Å². The molecular formula is C21H33NO2. The molecule has 0 radical (unpaired) electrons. The lowest BCUT2D eigenvalue weighted by molar-refractivity contribution is 0.0108. The molecule has 1 aromatic rings. The van der Waals surface area contributed by atoms with Gasteiger partial charge in [-0.1, -0.05) is 47.6 Å². The van der Waals surface area contributed by atoms with E-state index in [-0.39, 0.29) is 22.9 Å². The lowest BCUT2D eigenvalue weighted by atomic mass is 9.79. The third-order valence-corrected chi connectivity index (χ3v) is 4.76. The second-order valence-corrected chi connectivity index (χ2v) is 9.23. The number of likely N-dealkylation sites (tertiary alicyclic amines) is 1. The first-order chi connectivity index (χ1) is 11.0. The quantitative estimate of drug-likeness (QED) is 0.746. The molecule has 3 nitrogen and oxygen atoms in total. The number of esters is 1. The van der Waals surface area contributed by atoms with Crippen LogP contribution in [0.1, 0.15) is 75.9 Å². The van der Waals surface area contributed by atoms with Crippen LogP contribution >= 0.6 is 0 Å². The summed E-state index contributed by atoms with van der Waals surface area (Å²) in [6.45, 7) is 15.0. The number of ether oxygens (including phenoxy) is 1. The van der Waals surface area contributed by atoms with Gasteiger partial charge in [-0.25, -0.2) is 4.79 Å². The molecule has 1 fully saturated rings. The van der Waals surface area contributed by atoms with Gasteiger partial charge in [0.2, 0.25) is 0 Å². The number of hydrogen-bond acceptors (Lipinski definition) is 3. The predicted octanol–water partition coefficient (Wildman–Crippen LogP) is 4.53. The zero-order valence-corrected chi connectivity index (χ0v) is 16.4. The summed E-state index contributed by atoms with van der Waals surface area (Å²) in [5, 5.41) is 0. The van der Waals surface area contributed by atoms with Gasteiger partial charge in [0.05, 0.1) is 5.56 Å². The summed E-state index contributed by atoms with van der Waals surface area (Å²) < 4.78 is 5.80. The van der Waals surface area contributed by atoms with E-state index >= 15 is 0 Å². The molecule has 0 amide bonds. The van der Waals surface area contributed by atoms with E-state index in [1.165, 1.54) is 11.1 Å². The lowest BCUT2D eigenvalue weighted by Crippen LogP contribution is -2.38. The van der Waals surface area contributed by atoms with Crippen molar-refractivity contribution >= 4 is 5.97 Å². The number of nitrogens with zero attached hydrogens (tertiary/aromatic N) is 1. The van der Waals surface area contributed by atoms with E-state index in [9.17, 15) is 4.79 Å². The van der Waals surface area contributed by atoms with Crippen molar-refractivity contribution in [3.8, 4) is 0 Å². The van der Waals surface area contributed by atoms with E-state index in [0.717, 1.165) is 25.9 Å². The first-order valence-electron chi connectivity index (χ1n) is 9.02. The van der Waals surface area contributed by atoms with Gasteiger partial charge in [0, 0.05) is 6.54 Å². The summed E-state index contributed by atoms with van der Waals surface area (Å²) in [5.74, 6) is -0.188. The highest BCUT2D eigenvalue weighted by Crippen LogP contribution is 2.30. The third kappa shape index (κ3) is 4.83. The normalized spacial score (nSPS) is 20.0. The van der Waals surface area contributed by atoms with Gasteiger partial charge in [0.25, 0.3) is 0 Å². The Hall–Kier alpha value is -1.35. The fourth-order valence-corrected chi connectivity index (χ4v) is 3.05. The molecule has 1 saturated heterocycles. The van der Waals surface area contributed by atoms with Gasteiger partial charge in [0.1, 0.15) is 6.10 Å². The highest BCUT2D eigenvalue weighted by molar-refractivity contribution is 5.90. The molecule has 0 aliphatic carbocycles. The van der Waals surface area contributed by atoms with Crippen LogP contribution in [0.4, 0.5) is 0 Å². The summed E-state index contributed by atoms with van der Waals surface area (Å²) in [6.07, 6.45) is 2.05. The Balaban J connectivity index is 2.29. The molecule has 134 valence electrons. The van der Waals surface area contributed by atoms with Crippen LogP contribution in [-0.4, -0.2) is 37.1 Å². The molecule has 1 atom stereocenters. The Morgan fingerprint density at radius 3 is 2.04 bits per heavy atom. The zero-order chi connectivity index (χ0) is 18.1. The van der Waals surface area contributed by atoms with E-state index in [1.807, 2.05) is 12.1 Å². The van der Waals surface area contributed by atoms with Crippen molar-refractivity contribution in [1.29, 1.82) is 0 Å². The molecule has 0 bridgehead atoms. The van der Waals surface area contributed by atoms with Gasteiger partial charge < -0.3 is 9.64 Å². The molecule has 1 heterocycles. The number of carbonyl (C=O) groups excluding carboxylic acids is 1. The van der Waals surface area contributed by atoms with Gasteiger partial charge >= 0.3 is 5.97 Å². The number of benzene rings is 1. The fraction of sp³-hybridized carbons (Fsp3) is 0.667. The summed E-state index contributed by atoms with van der Waals surface area (Å²) in [6, 6.07) is 6.24. The summed E-state index contributed by atoms with van der Waals surface area (Å²) in [7, 11) is 2.08. The van der Waals surface area contributed by atoms with Crippen LogP contribution in [0.25, 0.3) is 0 Å². The van der Waals surface area contributed by atoms with E-state index < -0.39 is 0 Å². The number of carbonyl (C=O) groups is 1. The molecule has 1 aliphatic heterocycles. The van der Waals surface area contributed by atoms with E-state index in [2.05, 4.69) is 59.6 Å². The molecule has 24 heavy (non-hydrogen) atoms. The lowest BCUT2D eigenvalue weighted by Gasteiger charge is -2.30. The van der Waals surface area contributed by atoms with E-state index in [4.69, 9.17) is 4.74 Å². The smallest absolute Gasteiger partial charge is 0.338 e. The SMILES string of the molecule is CN1CCC[C@H](OC(=O)c2cc(C(C)(C)C)cc(C(C)(C)C)c2)C1. The molecule has 2 rings (SSSR count). The average Bonchev–Trinajstić information content (AvgIpc) is 2.45. The summed E-state index contributed by atoms with van der Waals surface area (Å²) in [4.78, 5) is 15.0. The molecule has 3 heteroatoms. The van der Waals surface area contributed by atoms with Gasteiger partial charge in [-0.2, -0.15) is 0 Å². The second-order valence-electron chi connectivity index (χ2n) is 9.23.